The first-order chi connectivity index (χ1) is 10.1. The molecule has 1 aliphatic rings. The zero-order valence-electron chi connectivity index (χ0n) is 11.7. The minimum Gasteiger partial charge on any atom is -0.457 e. The Labute approximate surface area is 131 Å². The van der Waals surface area contributed by atoms with Gasteiger partial charge in [0.15, 0.2) is 0 Å². The molecule has 1 aromatic heterocycles. The van der Waals surface area contributed by atoms with E-state index in [-0.39, 0.29) is 5.82 Å². The third-order valence-corrected chi connectivity index (χ3v) is 4.00. The summed E-state index contributed by atoms with van der Waals surface area (Å²) in [7, 11) is 0. The molecule has 21 heavy (non-hydrogen) atoms. The van der Waals surface area contributed by atoms with E-state index in [0.29, 0.717) is 22.8 Å². The maximum atomic E-state index is 13.6. The van der Waals surface area contributed by atoms with Crippen LogP contribution >= 0.6 is 15.9 Å². The Balaban J connectivity index is 1.81. The van der Waals surface area contributed by atoms with Crippen LogP contribution in [0.25, 0.3) is 0 Å². The van der Waals surface area contributed by atoms with E-state index in [0.717, 1.165) is 17.0 Å². The molecule has 0 unspecified atom stereocenters. The van der Waals surface area contributed by atoms with Crippen LogP contribution in [-0.4, -0.2) is 11.0 Å². The molecule has 5 heteroatoms. The molecule has 110 valence electrons. The molecule has 3 nitrogen and oxygen atoms in total. The van der Waals surface area contributed by atoms with Crippen molar-refractivity contribution in [2.24, 2.45) is 0 Å². The van der Waals surface area contributed by atoms with E-state index in [9.17, 15) is 4.39 Å². The molecule has 2 aromatic rings. The number of hydrogen-bond acceptors (Lipinski definition) is 3. The first kappa shape index (κ1) is 14.5. The minimum absolute atomic E-state index is 0.337. The summed E-state index contributed by atoms with van der Waals surface area (Å²) in [6.45, 7) is 2.62. The lowest BCUT2D eigenvalue weighted by Crippen LogP contribution is -2.16. The zero-order valence-corrected chi connectivity index (χ0v) is 13.3. The fourth-order valence-corrected chi connectivity index (χ4v) is 2.25. The normalized spacial score (nSPS) is 14.2. The highest BCUT2D eigenvalue weighted by atomic mass is 79.9. The van der Waals surface area contributed by atoms with E-state index in [1.165, 1.54) is 18.9 Å². The van der Waals surface area contributed by atoms with Crippen LogP contribution in [0.1, 0.15) is 24.1 Å². The van der Waals surface area contributed by atoms with E-state index in [2.05, 4.69) is 26.2 Å². The Kier molecular flexibility index (Phi) is 4.22. The van der Waals surface area contributed by atoms with Gasteiger partial charge in [-0.3, -0.25) is 4.98 Å². The number of aromatic nitrogens is 1. The van der Waals surface area contributed by atoms with Gasteiger partial charge in [-0.25, -0.2) is 4.39 Å². The van der Waals surface area contributed by atoms with Gasteiger partial charge in [-0.15, -0.1) is 0 Å². The van der Waals surface area contributed by atoms with Gasteiger partial charge in [0.05, 0.1) is 4.47 Å². The van der Waals surface area contributed by atoms with Crippen LogP contribution in [0.15, 0.2) is 34.9 Å². The van der Waals surface area contributed by atoms with Gasteiger partial charge in [0, 0.05) is 42.2 Å². The molecule has 1 N–H and O–H groups in total. The Morgan fingerprint density at radius 1 is 1.38 bits per heavy atom. The monoisotopic (exact) mass is 350 g/mol. The molecule has 1 aromatic carbocycles. The Bertz CT molecular complexity index is 659. The molecule has 0 atom stereocenters. The van der Waals surface area contributed by atoms with Gasteiger partial charge in [0.2, 0.25) is 0 Å². The zero-order chi connectivity index (χ0) is 14.8. The van der Waals surface area contributed by atoms with E-state index < -0.39 is 0 Å². The van der Waals surface area contributed by atoms with E-state index in [1.54, 1.807) is 12.1 Å². The van der Waals surface area contributed by atoms with Crippen molar-refractivity contribution >= 4 is 15.9 Å². The number of pyridine rings is 1. The lowest BCUT2D eigenvalue weighted by Gasteiger charge is -2.12. The predicted octanol–water partition coefficient (Wildman–Crippen LogP) is 4.34. The summed E-state index contributed by atoms with van der Waals surface area (Å²) in [6, 6.07) is 7.24. The third kappa shape index (κ3) is 3.80. The van der Waals surface area contributed by atoms with E-state index in [1.807, 2.05) is 19.2 Å². The summed E-state index contributed by atoms with van der Waals surface area (Å²) in [4.78, 5) is 4.31. The second kappa shape index (κ2) is 6.12. The van der Waals surface area contributed by atoms with Gasteiger partial charge < -0.3 is 10.1 Å². The highest BCUT2D eigenvalue weighted by Gasteiger charge is 2.21. The van der Waals surface area contributed by atoms with Gasteiger partial charge in [0.1, 0.15) is 17.3 Å². The molecule has 0 aliphatic heterocycles. The Hall–Kier alpha value is -1.46. The quantitative estimate of drug-likeness (QED) is 0.870. The van der Waals surface area contributed by atoms with Crippen LogP contribution in [0.2, 0.25) is 0 Å². The first-order valence-electron chi connectivity index (χ1n) is 6.93. The number of halogens is 2. The molecule has 0 saturated heterocycles. The number of aryl methyl sites for hydroxylation is 1. The molecule has 0 radical (unpaired) electrons. The van der Waals surface area contributed by atoms with Crippen LogP contribution in [-0.2, 0) is 6.54 Å². The standard InChI is InChI=1S/C16H16BrFN2O/c1-10-6-16(11(8-19-10)9-20-12-2-3-12)21-13-4-5-14(17)15(18)7-13/h4-8,12,20H,2-3,9H2,1H3. The van der Waals surface area contributed by atoms with Crippen molar-refractivity contribution in [3.63, 3.8) is 0 Å². The highest BCUT2D eigenvalue weighted by Crippen LogP contribution is 2.29. The molecule has 1 aliphatic carbocycles. The summed E-state index contributed by atoms with van der Waals surface area (Å²) < 4.78 is 19.8. The first-order valence-corrected chi connectivity index (χ1v) is 7.73. The summed E-state index contributed by atoms with van der Waals surface area (Å²) in [5, 5.41) is 3.44. The number of hydrogen-bond donors (Lipinski definition) is 1. The van der Waals surface area contributed by atoms with E-state index >= 15 is 0 Å². The second-order valence-corrected chi connectivity index (χ2v) is 6.12. The Morgan fingerprint density at radius 2 is 2.19 bits per heavy atom. The van der Waals surface area contributed by atoms with Gasteiger partial charge in [-0.05, 0) is 47.8 Å². The van der Waals surface area contributed by atoms with Crippen LogP contribution < -0.4 is 10.1 Å². The van der Waals surface area contributed by atoms with Gasteiger partial charge in [-0.1, -0.05) is 0 Å². The number of nitrogens with zero attached hydrogens (tertiary/aromatic N) is 1. The van der Waals surface area contributed by atoms with Crippen LogP contribution in [0.3, 0.4) is 0 Å². The van der Waals surface area contributed by atoms with Gasteiger partial charge >= 0.3 is 0 Å². The number of benzene rings is 1. The van der Waals surface area contributed by atoms with Crippen molar-refractivity contribution in [3.8, 4) is 11.5 Å². The largest absolute Gasteiger partial charge is 0.457 e. The lowest BCUT2D eigenvalue weighted by atomic mass is 10.2. The average Bonchev–Trinajstić information content (AvgIpc) is 3.26. The maximum Gasteiger partial charge on any atom is 0.141 e. The topological polar surface area (TPSA) is 34.1 Å². The molecular weight excluding hydrogens is 335 g/mol. The summed E-state index contributed by atoms with van der Waals surface area (Å²) in [6.07, 6.45) is 4.27. The summed E-state index contributed by atoms with van der Waals surface area (Å²) in [5.74, 6) is 0.863. The third-order valence-electron chi connectivity index (χ3n) is 3.36. The SMILES string of the molecule is Cc1cc(Oc2ccc(Br)c(F)c2)c(CNC2CC2)cn1. The molecule has 0 spiro atoms. The fourth-order valence-electron chi connectivity index (χ4n) is 2.00. The molecule has 0 bridgehead atoms. The number of rotatable bonds is 5. The van der Waals surface area contributed by atoms with Crippen molar-refractivity contribution < 1.29 is 9.13 Å². The Morgan fingerprint density at radius 3 is 2.90 bits per heavy atom. The average molecular weight is 351 g/mol. The van der Waals surface area contributed by atoms with Crippen molar-refractivity contribution in [2.75, 3.05) is 0 Å². The number of ether oxygens (including phenoxy) is 1. The van der Waals surface area contributed by atoms with Gasteiger partial charge in [0.25, 0.3) is 0 Å². The molecular formula is C16H16BrFN2O. The van der Waals surface area contributed by atoms with Crippen LogP contribution in [0.5, 0.6) is 11.5 Å². The van der Waals surface area contributed by atoms with Crippen molar-refractivity contribution in [1.82, 2.24) is 10.3 Å². The lowest BCUT2D eigenvalue weighted by molar-refractivity contribution is 0.465. The van der Waals surface area contributed by atoms with Crippen molar-refractivity contribution in [3.05, 3.63) is 52.0 Å². The van der Waals surface area contributed by atoms with E-state index in [4.69, 9.17) is 4.74 Å². The van der Waals surface area contributed by atoms with Crippen molar-refractivity contribution in [1.29, 1.82) is 0 Å². The second-order valence-electron chi connectivity index (χ2n) is 5.27. The maximum absolute atomic E-state index is 13.6. The number of nitrogens with one attached hydrogen (secondary N) is 1. The molecule has 1 heterocycles. The predicted molar refractivity (Wildman–Crippen MR) is 83.0 cm³/mol. The molecule has 0 amide bonds. The van der Waals surface area contributed by atoms with Crippen LogP contribution in [0.4, 0.5) is 4.39 Å². The van der Waals surface area contributed by atoms with Crippen LogP contribution in [0, 0.1) is 12.7 Å². The smallest absolute Gasteiger partial charge is 0.141 e. The fraction of sp³-hybridized carbons (Fsp3) is 0.312. The highest BCUT2D eigenvalue weighted by molar-refractivity contribution is 9.10. The van der Waals surface area contributed by atoms with Crippen molar-refractivity contribution in [2.45, 2.75) is 32.4 Å². The summed E-state index contributed by atoms with van der Waals surface area (Å²) in [5.41, 5.74) is 1.86. The molecule has 1 fully saturated rings. The minimum atomic E-state index is -0.337. The van der Waals surface area contributed by atoms with Gasteiger partial charge in [-0.2, -0.15) is 0 Å². The molecule has 1 saturated carbocycles. The summed E-state index contributed by atoms with van der Waals surface area (Å²) >= 11 is 3.14. The molecule has 3 rings (SSSR count).